The van der Waals surface area contributed by atoms with Gasteiger partial charge in [-0.05, 0) is 84.5 Å². The minimum Gasteiger partial charge on any atom is -0.494 e. The Bertz CT molecular complexity index is 1090. The van der Waals surface area contributed by atoms with E-state index >= 15 is 0 Å². The maximum Gasteiger partial charge on any atom is 0.311 e. The van der Waals surface area contributed by atoms with Crippen molar-refractivity contribution < 1.29 is 19.1 Å². The zero-order valence-electron chi connectivity index (χ0n) is 19.8. The van der Waals surface area contributed by atoms with Crippen LogP contribution in [-0.2, 0) is 10.2 Å². The van der Waals surface area contributed by atoms with Gasteiger partial charge in [0.15, 0.2) is 0 Å². The Morgan fingerprint density at radius 1 is 0.882 bits per heavy atom. The Morgan fingerprint density at radius 2 is 1.50 bits per heavy atom. The molecule has 0 saturated carbocycles. The highest BCUT2D eigenvalue weighted by Crippen LogP contribution is 2.28. The van der Waals surface area contributed by atoms with Gasteiger partial charge in [0.2, 0.25) is 0 Å². The molecule has 3 rings (SSSR count). The number of benzene rings is 3. The molecule has 34 heavy (non-hydrogen) atoms. The number of hydrogen-bond donors (Lipinski definition) is 1. The second kappa shape index (κ2) is 11.7. The number of esters is 1. The van der Waals surface area contributed by atoms with Gasteiger partial charge in [-0.3, -0.25) is 9.59 Å². The lowest BCUT2D eigenvalue weighted by Gasteiger charge is -2.23. The lowest BCUT2D eigenvalue weighted by Crippen LogP contribution is -2.15. The van der Waals surface area contributed by atoms with Crippen LogP contribution in [0.25, 0.3) is 0 Å². The normalized spacial score (nSPS) is 11.1. The molecule has 3 aromatic carbocycles. The van der Waals surface area contributed by atoms with E-state index in [1.165, 1.54) is 5.56 Å². The molecule has 1 amide bonds. The summed E-state index contributed by atoms with van der Waals surface area (Å²) in [5.74, 6) is 0.574. The summed E-state index contributed by atoms with van der Waals surface area (Å²) in [4.78, 5) is 24.5. The molecule has 0 atom stereocenters. The van der Waals surface area contributed by atoms with Crippen LogP contribution in [0.15, 0.2) is 72.8 Å². The van der Waals surface area contributed by atoms with Crippen LogP contribution in [0.1, 0.15) is 56.0 Å². The second-order valence-corrected chi connectivity index (χ2v) is 9.11. The van der Waals surface area contributed by atoms with Crippen LogP contribution in [0.3, 0.4) is 0 Å². The Morgan fingerprint density at radius 3 is 2.12 bits per heavy atom. The third-order valence-electron chi connectivity index (χ3n) is 5.76. The quantitative estimate of drug-likeness (QED) is 0.192. The first-order valence-electron chi connectivity index (χ1n) is 11.4. The molecule has 0 radical (unpaired) electrons. The number of hydrogen-bond acceptors (Lipinski definition) is 4. The van der Waals surface area contributed by atoms with E-state index < -0.39 is 0 Å². The minimum absolute atomic E-state index is 0.140. The van der Waals surface area contributed by atoms with E-state index in [4.69, 9.17) is 21.1 Å². The molecule has 3 aromatic rings. The maximum absolute atomic E-state index is 12.3. The van der Waals surface area contributed by atoms with Gasteiger partial charge in [0.05, 0.1) is 6.61 Å². The number of rotatable bonds is 10. The van der Waals surface area contributed by atoms with Crippen molar-refractivity contribution in [2.75, 3.05) is 11.9 Å². The SMILES string of the molecule is CCC(C)(C)c1ccc(OCCCC(=O)Oc2ccc(C(=O)Nc3ccc(Cl)cc3)cc2)cc1. The van der Waals surface area contributed by atoms with Crippen LogP contribution in [0.2, 0.25) is 5.02 Å². The fraction of sp³-hybridized carbons (Fsp3) is 0.286. The molecule has 0 spiro atoms. The molecule has 0 fully saturated rings. The summed E-state index contributed by atoms with van der Waals surface area (Å²) >= 11 is 5.85. The summed E-state index contributed by atoms with van der Waals surface area (Å²) in [5.41, 5.74) is 2.52. The zero-order chi connectivity index (χ0) is 24.6. The fourth-order valence-corrected chi connectivity index (χ4v) is 3.33. The third-order valence-corrected chi connectivity index (χ3v) is 6.02. The summed E-state index contributed by atoms with van der Waals surface area (Å²) in [6.45, 7) is 7.04. The Balaban J connectivity index is 1.40. The number of halogens is 1. The highest BCUT2D eigenvalue weighted by atomic mass is 35.5. The summed E-state index contributed by atoms with van der Waals surface area (Å²) in [6, 6.07) is 21.4. The van der Waals surface area contributed by atoms with Gasteiger partial charge in [-0.25, -0.2) is 0 Å². The van der Waals surface area contributed by atoms with Crippen LogP contribution in [-0.4, -0.2) is 18.5 Å². The van der Waals surface area contributed by atoms with Gasteiger partial charge < -0.3 is 14.8 Å². The van der Waals surface area contributed by atoms with Crippen molar-refractivity contribution in [3.05, 3.63) is 88.9 Å². The van der Waals surface area contributed by atoms with Gasteiger partial charge in [-0.15, -0.1) is 0 Å². The van der Waals surface area contributed by atoms with E-state index in [9.17, 15) is 9.59 Å². The lowest BCUT2D eigenvalue weighted by molar-refractivity contribution is -0.134. The number of anilines is 1. The van der Waals surface area contributed by atoms with E-state index in [1.807, 2.05) is 12.1 Å². The molecule has 0 bridgehead atoms. The topological polar surface area (TPSA) is 64.6 Å². The standard InChI is InChI=1S/C28H30ClNO4/c1-4-28(2,3)21-9-17-24(18-10-21)33-19-5-6-26(31)34-25-15-7-20(8-16-25)27(32)30-23-13-11-22(29)12-14-23/h7-18H,4-6,19H2,1-3H3,(H,30,32). The molecule has 178 valence electrons. The number of carbonyl (C=O) groups is 2. The van der Waals surface area contributed by atoms with Crippen molar-refractivity contribution in [1.82, 2.24) is 0 Å². The van der Waals surface area contributed by atoms with E-state index in [0.29, 0.717) is 35.1 Å². The maximum atomic E-state index is 12.3. The monoisotopic (exact) mass is 479 g/mol. The third kappa shape index (κ3) is 7.35. The Labute approximate surface area is 206 Å². The molecule has 0 aliphatic carbocycles. The van der Waals surface area contributed by atoms with Crippen molar-refractivity contribution >= 4 is 29.2 Å². The second-order valence-electron chi connectivity index (χ2n) is 8.67. The first-order valence-corrected chi connectivity index (χ1v) is 11.8. The average Bonchev–Trinajstić information content (AvgIpc) is 2.84. The van der Waals surface area contributed by atoms with Gasteiger partial charge >= 0.3 is 5.97 Å². The number of nitrogens with one attached hydrogen (secondary N) is 1. The molecule has 5 nitrogen and oxygen atoms in total. The number of amides is 1. The lowest BCUT2D eigenvalue weighted by atomic mass is 9.82. The molecule has 1 N–H and O–H groups in total. The first-order chi connectivity index (χ1) is 16.3. The molecule has 0 aliphatic heterocycles. The van der Waals surface area contributed by atoms with Crippen LogP contribution in [0.4, 0.5) is 5.69 Å². The van der Waals surface area contributed by atoms with Crippen molar-refractivity contribution in [2.24, 2.45) is 0 Å². The van der Waals surface area contributed by atoms with Crippen molar-refractivity contribution in [1.29, 1.82) is 0 Å². The van der Waals surface area contributed by atoms with Crippen molar-refractivity contribution in [3.8, 4) is 11.5 Å². The summed E-state index contributed by atoms with van der Waals surface area (Å²) < 4.78 is 11.1. The smallest absolute Gasteiger partial charge is 0.311 e. The fourth-order valence-electron chi connectivity index (χ4n) is 3.21. The highest BCUT2D eigenvalue weighted by Gasteiger charge is 2.17. The molecule has 6 heteroatoms. The summed E-state index contributed by atoms with van der Waals surface area (Å²) in [5, 5.41) is 3.39. The molecular formula is C28H30ClNO4. The predicted octanol–water partition coefficient (Wildman–Crippen LogP) is 7.04. The molecule has 0 unspecified atom stereocenters. The van der Waals surface area contributed by atoms with Crippen LogP contribution in [0.5, 0.6) is 11.5 Å². The van der Waals surface area contributed by atoms with E-state index in [1.54, 1.807) is 48.5 Å². The Kier molecular flexibility index (Phi) is 8.72. The van der Waals surface area contributed by atoms with Crippen molar-refractivity contribution in [2.45, 2.75) is 45.4 Å². The zero-order valence-corrected chi connectivity index (χ0v) is 20.5. The molecule has 0 heterocycles. The number of carbonyl (C=O) groups excluding carboxylic acids is 2. The van der Waals surface area contributed by atoms with E-state index in [-0.39, 0.29) is 23.7 Å². The average molecular weight is 480 g/mol. The largest absolute Gasteiger partial charge is 0.494 e. The molecule has 0 saturated heterocycles. The summed E-state index contributed by atoms with van der Waals surface area (Å²) in [6.07, 6.45) is 1.84. The summed E-state index contributed by atoms with van der Waals surface area (Å²) in [7, 11) is 0. The molecule has 0 aliphatic rings. The Hall–Kier alpha value is -3.31. The van der Waals surface area contributed by atoms with Crippen LogP contribution in [0, 0.1) is 0 Å². The van der Waals surface area contributed by atoms with Gasteiger partial charge in [0.25, 0.3) is 5.91 Å². The first kappa shape index (κ1) is 25.3. The van der Waals surface area contributed by atoms with Gasteiger partial charge in [-0.2, -0.15) is 0 Å². The van der Waals surface area contributed by atoms with Crippen LogP contribution >= 0.6 is 11.6 Å². The van der Waals surface area contributed by atoms with E-state index in [0.717, 1.165) is 12.2 Å². The number of ether oxygens (including phenoxy) is 2. The van der Waals surface area contributed by atoms with Gasteiger partial charge in [0.1, 0.15) is 11.5 Å². The highest BCUT2D eigenvalue weighted by molar-refractivity contribution is 6.30. The predicted molar refractivity (Wildman–Crippen MR) is 136 cm³/mol. The van der Waals surface area contributed by atoms with Crippen molar-refractivity contribution in [3.63, 3.8) is 0 Å². The van der Waals surface area contributed by atoms with E-state index in [2.05, 4.69) is 38.2 Å². The van der Waals surface area contributed by atoms with Gasteiger partial charge in [0, 0.05) is 22.7 Å². The molecule has 0 aromatic heterocycles. The van der Waals surface area contributed by atoms with Crippen LogP contribution < -0.4 is 14.8 Å². The molecular weight excluding hydrogens is 450 g/mol. The minimum atomic E-state index is -0.345. The van der Waals surface area contributed by atoms with Gasteiger partial charge in [-0.1, -0.05) is 44.5 Å².